The molecule has 0 spiro atoms. The molecule has 0 fully saturated rings. The monoisotopic (exact) mass is 253 g/mol. The molecule has 0 aliphatic rings. The number of nitrogens with zero attached hydrogens (tertiary/aromatic N) is 3. The third-order valence-electron chi connectivity index (χ3n) is 4.09. The standard InChI is InChI=1S/C14H27N3O/c1-7-14(8-2,16(5)6)13(18)12-9-10-15-17(12)11(3)4/h9-11,13,18H,7-8H2,1-6H3. The highest BCUT2D eigenvalue weighted by atomic mass is 16.3. The molecule has 0 saturated carbocycles. The van der Waals surface area contributed by atoms with E-state index in [-0.39, 0.29) is 11.6 Å². The third-order valence-corrected chi connectivity index (χ3v) is 4.09. The number of rotatable bonds is 6. The second-order valence-electron chi connectivity index (χ2n) is 5.40. The molecule has 18 heavy (non-hydrogen) atoms. The molecule has 0 radical (unpaired) electrons. The van der Waals surface area contributed by atoms with Crippen LogP contribution in [0.25, 0.3) is 0 Å². The van der Waals surface area contributed by atoms with Gasteiger partial charge < -0.3 is 10.0 Å². The quantitative estimate of drug-likeness (QED) is 0.847. The molecule has 1 aromatic heterocycles. The Kier molecular flexibility index (Phi) is 4.93. The lowest BCUT2D eigenvalue weighted by molar-refractivity contribution is -0.0203. The van der Waals surface area contributed by atoms with Gasteiger partial charge in [-0.05, 0) is 46.9 Å². The summed E-state index contributed by atoms with van der Waals surface area (Å²) in [6.45, 7) is 8.42. The Labute approximate surface area is 111 Å². The molecular weight excluding hydrogens is 226 g/mol. The average molecular weight is 253 g/mol. The summed E-state index contributed by atoms with van der Waals surface area (Å²) in [5, 5.41) is 15.1. The number of aliphatic hydroxyl groups excluding tert-OH is 1. The number of aliphatic hydroxyl groups is 1. The molecule has 4 heteroatoms. The van der Waals surface area contributed by atoms with Crippen LogP contribution in [0.1, 0.15) is 58.4 Å². The van der Waals surface area contributed by atoms with Crippen LogP contribution in [-0.2, 0) is 0 Å². The van der Waals surface area contributed by atoms with Gasteiger partial charge in [-0.15, -0.1) is 0 Å². The summed E-state index contributed by atoms with van der Waals surface area (Å²) >= 11 is 0. The van der Waals surface area contributed by atoms with Gasteiger partial charge in [-0.2, -0.15) is 5.10 Å². The van der Waals surface area contributed by atoms with E-state index in [1.807, 2.05) is 24.8 Å². The van der Waals surface area contributed by atoms with Gasteiger partial charge in [-0.3, -0.25) is 4.68 Å². The fourth-order valence-corrected chi connectivity index (χ4v) is 2.76. The predicted molar refractivity (Wildman–Crippen MR) is 74.6 cm³/mol. The van der Waals surface area contributed by atoms with E-state index in [1.165, 1.54) is 0 Å². The van der Waals surface area contributed by atoms with Crippen molar-refractivity contribution in [3.05, 3.63) is 18.0 Å². The van der Waals surface area contributed by atoms with Crippen molar-refractivity contribution in [2.45, 2.75) is 58.2 Å². The first-order valence-electron chi connectivity index (χ1n) is 6.79. The Morgan fingerprint density at radius 1 is 1.33 bits per heavy atom. The lowest BCUT2D eigenvalue weighted by atomic mass is 9.83. The molecule has 1 unspecified atom stereocenters. The molecule has 1 N–H and O–H groups in total. The van der Waals surface area contributed by atoms with E-state index in [0.29, 0.717) is 0 Å². The Morgan fingerprint density at radius 2 is 1.89 bits per heavy atom. The number of hydrogen-bond acceptors (Lipinski definition) is 3. The van der Waals surface area contributed by atoms with Gasteiger partial charge >= 0.3 is 0 Å². The minimum atomic E-state index is -0.521. The second kappa shape index (κ2) is 5.85. The van der Waals surface area contributed by atoms with E-state index in [1.54, 1.807) is 6.20 Å². The summed E-state index contributed by atoms with van der Waals surface area (Å²) in [6, 6.07) is 2.19. The van der Waals surface area contributed by atoms with Gasteiger partial charge in [0.1, 0.15) is 6.10 Å². The van der Waals surface area contributed by atoms with Crippen LogP contribution in [0.3, 0.4) is 0 Å². The van der Waals surface area contributed by atoms with Gasteiger partial charge in [0.05, 0.1) is 11.2 Å². The number of aromatic nitrogens is 2. The molecule has 1 rings (SSSR count). The zero-order valence-electron chi connectivity index (χ0n) is 12.5. The van der Waals surface area contributed by atoms with Gasteiger partial charge in [0.25, 0.3) is 0 Å². The van der Waals surface area contributed by atoms with Crippen molar-refractivity contribution in [1.82, 2.24) is 14.7 Å². The molecular formula is C14H27N3O. The lowest BCUT2D eigenvalue weighted by Gasteiger charge is -2.42. The van der Waals surface area contributed by atoms with Crippen LogP contribution in [0.2, 0.25) is 0 Å². The maximum Gasteiger partial charge on any atom is 0.114 e. The molecule has 0 aromatic carbocycles. The Bertz CT molecular complexity index is 367. The van der Waals surface area contributed by atoms with Crippen LogP contribution in [0.4, 0.5) is 0 Å². The summed E-state index contributed by atoms with van der Waals surface area (Å²) in [4.78, 5) is 2.13. The Hall–Kier alpha value is -0.870. The van der Waals surface area contributed by atoms with E-state index in [0.717, 1.165) is 18.5 Å². The SMILES string of the molecule is CCC(CC)(C(O)c1ccnn1C(C)C)N(C)C. The lowest BCUT2D eigenvalue weighted by Crippen LogP contribution is -2.49. The van der Waals surface area contributed by atoms with E-state index in [2.05, 4.69) is 37.7 Å². The maximum atomic E-state index is 10.8. The summed E-state index contributed by atoms with van der Waals surface area (Å²) in [7, 11) is 4.07. The highest BCUT2D eigenvalue weighted by Crippen LogP contribution is 2.36. The fourth-order valence-electron chi connectivity index (χ4n) is 2.76. The topological polar surface area (TPSA) is 41.3 Å². The molecule has 0 amide bonds. The van der Waals surface area contributed by atoms with Gasteiger partial charge in [0, 0.05) is 12.2 Å². The largest absolute Gasteiger partial charge is 0.385 e. The van der Waals surface area contributed by atoms with Crippen molar-refractivity contribution >= 4 is 0 Å². The molecule has 1 aromatic rings. The van der Waals surface area contributed by atoms with E-state index in [9.17, 15) is 5.11 Å². The average Bonchev–Trinajstić information content (AvgIpc) is 2.79. The molecule has 0 bridgehead atoms. The van der Waals surface area contributed by atoms with E-state index >= 15 is 0 Å². The Balaban J connectivity index is 3.17. The van der Waals surface area contributed by atoms with Crippen LogP contribution < -0.4 is 0 Å². The minimum Gasteiger partial charge on any atom is -0.385 e. The second-order valence-corrected chi connectivity index (χ2v) is 5.40. The van der Waals surface area contributed by atoms with Crippen LogP contribution in [0.15, 0.2) is 12.3 Å². The minimum absolute atomic E-state index is 0.229. The van der Waals surface area contributed by atoms with E-state index < -0.39 is 6.10 Å². The fraction of sp³-hybridized carbons (Fsp3) is 0.786. The molecule has 1 heterocycles. The maximum absolute atomic E-state index is 10.8. The highest BCUT2D eigenvalue weighted by Gasteiger charge is 2.39. The van der Waals surface area contributed by atoms with Crippen molar-refractivity contribution in [3.8, 4) is 0 Å². The van der Waals surface area contributed by atoms with Crippen LogP contribution in [-0.4, -0.2) is 39.4 Å². The smallest absolute Gasteiger partial charge is 0.114 e. The predicted octanol–water partition coefficient (Wildman–Crippen LogP) is 2.62. The van der Waals surface area contributed by atoms with Crippen LogP contribution in [0, 0.1) is 0 Å². The van der Waals surface area contributed by atoms with Gasteiger partial charge in [-0.25, -0.2) is 0 Å². The van der Waals surface area contributed by atoms with E-state index in [4.69, 9.17) is 0 Å². The third kappa shape index (κ3) is 2.45. The van der Waals surface area contributed by atoms with Crippen molar-refractivity contribution < 1.29 is 5.11 Å². The number of likely N-dealkylation sites (N-methyl/N-ethyl adjacent to an activating group) is 1. The highest BCUT2D eigenvalue weighted by molar-refractivity contribution is 5.13. The first kappa shape index (κ1) is 15.2. The van der Waals surface area contributed by atoms with Crippen LogP contribution >= 0.6 is 0 Å². The molecule has 4 nitrogen and oxygen atoms in total. The summed E-state index contributed by atoms with van der Waals surface area (Å²) in [6.07, 6.45) is 3.05. The summed E-state index contributed by atoms with van der Waals surface area (Å²) < 4.78 is 1.91. The Morgan fingerprint density at radius 3 is 2.28 bits per heavy atom. The van der Waals surface area contributed by atoms with Gasteiger partial charge in [-0.1, -0.05) is 13.8 Å². The first-order valence-corrected chi connectivity index (χ1v) is 6.79. The normalized spacial score (nSPS) is 14.5. The summed E-state index contributed by atoms with van der Waals surface area (Å²) in [5.74, 6) is 0. The van der Waals surface area contributed by atoms with Crippen molar-refractivity contribution in [1.29, 1.82) is 0 Å². The van der Waals surface area contributed by atoms with Crippen molar-refractivity contribution in [3.63, 3.8) is 0 Å². The molecule has 0 aliphatic carbocycles. The van der Waals surface area contributed by atoms with Crippen LogP contribution in [0.5, 0.6) is 0 Å². The van der Waals surface area contributed by atoms with Crippen molar-refractivity contribution in [2.75, 3.05) is 14.1 Å². The zero-order chi connectivity index (χ0) is 13.9. The zero-order valence-corrected chi connectivity index (χ0v) is 12.5. The van der Waals surface area contributed by atoms with Crippen molar-refractivity contribution in [2.24, 2.45) is 0 Å². The summed E-state index contributed by atoms with van der Waals surface area (Å²) in [5.41, 5.74) is 0.676. The van der Waals surface area contributed by atoms with Gasteiger partial charge in [0.15, 0.2) is 0 Å². The molecule has 104 valence electrons. The molecule has 0 aliphatic heterocycles. The number of hydrogen-bond donors (Lipinski definition) is 1. The molecule has 1 atom stereocenters. The molecule has 0 saturated heterocycles. The van der Waals surface area contributed by atoms with Gasteiger partial charge in [0.2, 0.25) is 0 Å². The first-order chi connectivity index (χ1) is 8.40.